The Morgan fingerprint density at radius 1 is 1.30 bits per heavy atom. The maximum absolute atomic E-state index is 11.6. The molecule has 0 aromatic rings. The van der Waals surface area contributed by atoms with Crippen LogP contribution in [0.5, 0.6) is 0 Å². The molecule has 2 fully saturated rings. The summed E-state index contributed by atoms with van der Waals surface area (Å²) in [6.07, 6.45) is 6.70. The Labute approximate surface area is 141 Å². The molecule has 1 saturated carbocycles. The molecule has 0 aromatic heterocycles. The number of rotatable bonds is 5. The highest BCUT2D eigenvalue weighted by Gasteiger charge is 2.29. The fraction of sp³-hybridized carbons (Fsp3) is 0.941. The molecular formula is C17H33N3O2S. The van der Waals surface area contributed by atoms with Gasteiger partial charge in [0.15, 0.2) is 15.8 Å². The topological polar surface area (TPSA) is 70.6 Å². The fourth-order valence-electron chi connectivity index (χ4n) is 3.65. The normalized spacial score (nSPS) is 30.1. The van der Waals surface area contributed by atoms with Crippen molar-refractivity contribution in [2.75, 3.05) is 24.6 Å². The van der Waals surface area contributed by atoms with Crippen LogP contribution in [0.2, 0.25) is 0 Å². The first-order chi connectivity index (χ1) is 10.8. The molecular weight excluding hydrogens is 310 g/mol. The predicted molar refractivity (Wildman–Crippen MR) is 96.5 cm³/mol. The van der Waals surface area contributed by atoms with E-state index in [2.05, 4.69) is 36.4 Å². The number of aliphatic imine (C=N–C) groups is 1. The van der Waals surface area contributed by atoms with Gasteiger partial charge in [-0.15, -0.1) is 0 Å². The zero-order valence-electron chi connectivity index (χ0n) is 14.9. The molecule has 2 atom stereocenters. The summed E-state index contributed by atoms with van der Waals surface area (Å²) in [5.41, 5.74) is 0.394. The Balaban J connectivity index is 1.92. The SMILES string of the molecule is CCCNC(=NCC1CCS(=O)(=O)C1)NC1CCCC(C)(C)C1. The minimum Gasteiger partial charge on any atom is -0.356 e. The highest BCUT2D eigenvalue weighted by molar-refractivity contribution is 7.91. The fourth-order valence-corrected chi connectivity index (χ4v) is 5.50. The van der Waals surface area contributed by atoms with Gasteiger partial charge in [0, 0.05) is 19.1 Å². The molecule has 5 nitrogen and oxygen atoms in total. The van der Waals surface area contributed by atoms with Gasteiger partial charge in [-0.3, -0.25) is 4.99 Å². The van der Waals surface area contributed by atoms with Crippen molar-refractivity contribution in [1.82, 2.24) is 10.6 Å². The van der Waals surface area contributed by atoms with E-state index in [1.807, 2.05) is 0 Å². The lowest BCUT2D eigenvalue weighted by Gasteiger charge is -2.36. The monoisotopic (exact) mass is 343 g/mol. The van der Waals surface area contributed by atoms with Crippen molar-refractivity contribution in [3.05, 3.63) is 0 Å². The van der Waals surface area contributed by atoms with Gasteiger partial charge in [0.1, 0.15) is 0 Å². The molecule has 0 spiro atoms. The summed E-state index contributed by atoms with van der Waals surface area (Å²) in [6, 6.07) is 0.467. The molecule has 23 heavy (non-hydrogen) atoms. The number of hydrogen-bond acceptors (Lipinski definition) is 3. The van der Waals surface area contributed by atoms with Crippen molar-refractivity contribution >= 4 is 15.8 Å². The van der Waals surface area contributed by atoms with Gasteiger partial charge in [-0.1, -0.05) is 27.2 Å². The van der Waals surface area contributed by atoms with E-state index in [0.29, 0.717) is 29.5 Å². The first-order valence-electron chi connectivity index (χ1n) is 9.05. The van der Waals surface area contributed by atoms with Crippen molar-refractivity contribution in [1.29, 1.82) is 0 Å². The van der Waals surface area contributed by atoms with E-state index in [9.17, 15) is 8.42 Å². The third-order valence-corrected chi connectivity index (χ3v) is 6.76. The number of nitrogens with zero attached hydrogens (tertiary/aromatic N) is 1. The Morgan fingerprint density at radius 2 is 2.09 bits per heavy atom. The Bertz CT molecular complexity index is 514. The molecule has 2 unspecified atom stereocenters. The van der Waals surface area contributed by atoms with Crippen molar-refractivity contribution in [3.63, 3.8) is 0 Å². The summed E-state index contributed by atoms with van der Waals surface area (Å²) >= 11 is 0. The van der Waals surface area contributed by atoms with Gasteiger partial charge in [0.25, 0.3) is 0 Å². The van der Waals surface area contributed by atoms with Crippen molar-refractivity contribution in [3.8, 4) is 0 Å². The van der Waals surface area contributed by atoms with Gasteiger partial charge in [-0.2, -0.15) is 0 Å². The van der Waals surface area contributed by atoms with Crippen LogP contribution in [-0.4, -0.2) is 45.0 Å². The molecule has 6 heteroatoms. The summed E-state index contributed by atoms with van der Waals surface area (Å²) in [4.78, 5) is 4.68. The van der Waals surface area contributed by atoms with Gasteiger partial charge < -0.3 is 10.6 Å². The molecule has 1 heterocycles. The molecule has 0 aromatic carbocycles. The minimum atomic E-state index is -2.81. The van der Waals surface area contributed by atoms with E-state index in [1.54, 1.807) is 0 Å². The third kappa shape index (κ3) is 6.32. The smallest absolute Gasteiger partial charge is 0.191 e. The van der Waals surface area contributed by atoms with Gasteiger partial charge in [0.2, 0.25) is 0 Å². The van der Waals surface area contributed by atoms with Crippen molar-refractivity contribution in [2.45, 2.75) is 65.3 Å². The van der Waals surface area contributed by atoms with Crippen LogP contribution < -0.4 is 10.6 Å². The first kappa shape index (κ1) is 18.6. The molecule has 1 aliphatic heterocycles. The lowest BCUT2D eigenvalue weighted by atomic mass is 9.75. The van der Waals surface area contributed by atoms with E-state index < -0.39 is 9.84 Å². The summed E-state index contributed by atoms with van der Waals surface area (Å²) in [5, 5.41) is 6.96. The quantitative estimate of drug-likeness (QED) is 0.594. The maximum atomic E-state index is 11.6. The van der Waals surface area contributed by atoms with Gasteiger partial charge in [0.05, 0.1) is 11.5 Å². The van der Waals surface area contributed by atoms with Crippen molar-refractivity contribution in [2.24, 2.45) is 16.3 Å². The van der Waals surface area contributed by atoms with Crippen LogP contribution in [0.15, 0.2) is 4.99 Å². The molecule has 2 aliphatic rings. The van der Waals surface area contributed by atoms with Crippen LogP contribution in [-0.2, 0) is 9.84 Å². The Kier molecular flexibility index (Phi) is 6.34. The van der Waals surface area contributed by atoms with Crippen LogP contribution in [0.3, 0.4) is 0 Å². The molecule has 0 bridgehead atoms. The minimum absolute atomic E-state index is 0.183. The number of sulfone groups is 1. The second-order valence-electron chi connectivity index (χ2n) is 7.99. The average molecular weight is 344 g/mol. The molecule has 2 rings (SSSR count). The molecule has 2 N–H and O–H groups in total. The van der Waals surface area contributed by atoms with Crippen LogP contribution in [0, 0.1) is 11.3 Å². The summed E-state index contributed by atoms with van der Waals surface area (Å²) in [5.74, 6) is 1.67. The molecule has 134 valence electrons. The number of nitrogens with one attached hydrogen (secondary N) is 2. The number of guanidine groups is 1. The first-order valence-corrected chi connectivity index (χ1v) is 10.9. The summed E-state index contributed by atoms with van der Waals surface area (Å²) < 4.78 is 23.1. The largest absolute Gasteiger partial charge is 0.356 e. The highest BCUT2D eigenvalue weighted by atomic mass is 32.2. The summed E-state index contributed by atoms with van der Waals surface area (Å²) in [6.45, 7) is 8.30. The van der Waals surface area contributed by atoms with Crippen LogP contribution >= 0.6 is 0 Å². The highest BCUT2D eigenvalue weighted by Crippen LogP contribution is 2.35. The van der Waals surface area contributed by atoms with Gasteiger partial charge in [-0.25, -0.2) is 8.42 Å². The van der Waals surface area contributed by atoms with E-state index in [0.717, 1.165) is 31.8 Å². The second-order valence-corrected chi connectivity index (χ2v) is 10.2. The Morgan fingerprint density at radius 3 is 2.70 bits per heavy atom. The van der Waals surface area contributed by atoms with Gasteiger partial charge >= 0.3 is 0 Å². The van der Waals surface area contributed by atoms with Crippen LogP contribution in [0.25, 0.3) is 0 Å². The predicted octanol–water partition coefficient (Wildman–Crippen LogP) is 2.34. The molecule has 0 radical (unpaired) electrons. The maximum Gasteiger partial charge on any atom is 0.191 e. The standard InChI is InChI=1S/C17H33N3O2S/c1-4-9-18-16(19-12-14-7-10-23(21,22)13-14)20-15-6-5-8-17(2,3)11-15/h14-15H,4-13H2,1-3H3,(H2,18,19,20). The van der Waals surface area contributed by atoms with E-state index >= 15 is 0 Å². The van der Waals surface area contributed by atoms with Crippen LogP contribution in [0.1, 0.15) is 59.3 Å². The third-order valence-electron chi connectivity index (χ3n) is 4.92. The lowest BCUT2D eigenvalue weighted by Crippen LogP contribution is -2.47. The molecule has 1 saturated heterocycles. The summed E-state index contributed by atoms with van der Waals surface area (Å²) in [7, 11) is -2.81. The van der Waals surface area contributed by atoms with Crippen molar-refractivity contribution < 1.29 is 8.42 Å². The van der Waals surface area contributed by atoms with E-state index in [4.69, 9.17) is 0 Å². The Hall–Kier alpha value is -0.780. The zero-order chi connectivity index (χ0) is 16.9. The molecule has 0 amide bonds. The molecule has 1 aliphatic carbocycles. The lowest BCUT2D eigenvalue weighted by molar-refractivity contribution is 0.210. The van der Waals surface area contributed by atoms with E-state index in [-0.39, 0.29) is 5.92 Å². The number of hydrogen-bond donors (Lipinski definition) is 2. The van der Waals surface area contributed by atoms with Gasteiger partial charge in [-0.05, 0) is 43.4 Å². The van der Waals surface area contributed by atoms with E-state index in [1.165, 1.54) is 19.3 Å². The average Bonchev–Trinajstić information content (AvgIpc) is 2.80. The second kappa shape index (κ2) is 7.86. The van der Waals surface area contributed by atoms with Crippen LogP contribution in [0.4, 0.5) is 0 Å². The zero-order valence-corrected chi connectivity index (χ0v) is 15.7.